The monoisotopic (exact) mass is 420 g/mol. The van der Waals surface area contributed by atoms with Gasteiger partial charge in [0, 0.05) is 18.3 Å². The van der Waals surface area contributed by atoms with Crippen molar-refractivity contribution in [1.29, 1.82) is 0 Å². The first-order valence-electron chi connectivity index (χ1n) is 9.20. The van der Waals surface area contributed by atoms with E-state index in [0.717, 1.165) is 17.0 Å². The summed E-state index contributed by atoms with van der Waals surface area (Å²) in [6, 6.07) is 11.7. The summed E-state index contributed by atoms with van der Waals surface area (Å²) in [5.74, 6) is -0.886. The van der Waals surface area contributed by atoms with Crippen molar-refractivity contribution in [3.63, 3.8) is 0 Å². The molecule has 2 aromatic carbocycles. The topological polar surface area (TPSA) is 67.9 Å². The molecule has 1 aliphatic heterocycles. The zero-order valence-electron chi connectivity index (χ0n) is 16.2. The number of carbonyl (C=O) groups excluding carboxylic acids is 2. The quantitative estimate of drug-likeness (QED) is 0.681. The molecule has 2 aromatic rings. The van der Waals surface area contributed by atoms with Gasteiger partial charge in [0.15, 0.2) is 0 Å². The molecule has 0 saturated heterocycles. The Morgan fingerprint density at radius 1 is 0.967 bits per heavy atom. The summed E-state index contributed by atoms with van der Waals surface area (Å²) in [7, 11) is 0. The number of amides is 2. The fraction of sp³-hybridized carbons (Fsp3) is 0.238. The molecule has 158 valence electrons. The maximum absolute atomic E-state index is 12.8. The van der Waals surface area contributed by atoms with Crippen molar-refractivity contribution in [2.24, 2.45) is 0 Å². The molecule has 0 radical (unpaired) electrons. The van der Waals surface area contributed by atoms with Gasteiger partial charge in [-0.15, -0.1) is 13.2 Å². The highest BCUT2D eigenvalue weighted by atomic mass is 19.4. The lowest BCUT2D eigenvalue weighted by molar-refractivity contribution is -0.274. The smallest absolute Gasteiger partial charge is 0.494 e. The number of nitrogens with zero attached hydrogens (tertiary/aromatic N) is 1. The molecule has 30 heavy (non-hydrogen) atoms. The minimum Gasteiger partial charge on any atom is -0.494 e. The maximum atomic E-state index is 12.8. The average Bonchev–Trinajstić information content (AvgIpc) is 2.91. The Hall–Kier alpha value is -3.49. The van der Waals surface area contributed by atoms with E-state index in [-0.39, 0.29) is 23.5 Å². The summed E-state index contributed by atoms with van der Waals surface area (Å²) >= 11 is 0. The van der Waals surface area contributed by atoms with Crippen molar-refractivity contribution in [2.75, 3.05) is 18.5 Å². The van der Waals surface area contributed by atoms with E-state index >= 15 is 0 Å². The Bertz CT molecular complexity index is 984. The van der Waals surface area contributed by atoms with Crippen LogP contribution in [0.2, 0.25) is 0 Å². The van der Waals surface area contributed by atoms with E-state index in [2.05, 4.69) is 10.1 Å². The van der Waals surface area contributed by atoms with Gasteiger partial charge in [-0.25, -0.2) is 0 Å². The molecule has 9 heteroatoms. The minimum absolute atomic E-state index is 0.0184. The Kier molecular flexibility index (Phi) is 6.00. The van der Waals surface area contributed by atoms with E-state index in [9.17, 15) is 22.8 Å². The molecule has 6 nitrogen and oxygen atoms in total. The molecule has 0 fully saturated rings. The lowest BCUT2D eigenvalue weighted by atomic mass is 10.0. The molecule has 1 N–H and O–H groups in total. The summed E-state index contributed by atoms with van der Waals surface area (Å²) in [6.45, 7) is 4.13. The van der Waals surface area contributed by atoms with Crippen molar-refractivity contribution in [2.45, 2.75) is 20.2 Å². The van der Waals surface area contributed by atoms with E-state index in [1.54, 1.807) is 31.2 Å². The van der Waals surface area contributed by atoms with Crippen LogP contribution >= 0.6 is 0 Å². The van der Waals surface area contributed by atoms with Gasteiger partial charge in [0.25, 0.3) is 11.8 Å². The molecule has 0 unspecified atom stereocenters. The summed E-state index contributed by atoms with van der Waals surface area (Å²) in [6.07, 6.45) is -4.84. The van der Waals surface area contributed by atoms with Crippen LogP contribution in [0.4, 0.5) is 18.9 Å². The Labute approximate surface area is 170 Å². The van der Waals surface area contributed by atoms with Crippen molar-refractivity contribution < 1.29 is 32.2 Å². The normalized spacial score (nSPS) is 14.4. The van der Waals surface area contributed by atoms with Gasteiger partial charge < -0.3 is 14.8 Å². The Morgan fingerprint density at radius 3 is 2.27 bits per heavy atom. The van der Waals surface area contributed by atoms with Crippen molar-refractivity contribution in [3.05, 3.63) is 59.8 Å². The number of ether oxygens (including phenoxy) is 2. The summed E-state index contributed by atoms with van der Waals surface area (Å²) in [4.78, 5) is 26.6. The number of carbonyl (C=O) groups is 2. The van der Waals surface area contributed by atoms with Crippen LogP contribution in [0, 0.1) is 0 Å². The Balaban J connectivity index is 1.98. The van der Waals surface area contributed by atoms with E-state index in [0.29, 0.717) is 17.9 Å². The minimum atomic E-state index is -4.84. The highest BCUT2D eigenvalue weighted by Crippen LogP contribution is 2.32. The fourth-order valence-corrected chi connectivity index (χ4v) is 3.05. The van der Waals surface area contributed by atoms with Crippen LogP contribution in [-0.4, -0.2) is 36.2 Å². The number of alkyl halides is 3. The second-order valence-corrected chi connectivity index (χ2v) is 6.26. The van der Waals surface area contributed by atoms with Crippen LogP contribution < -0.4 is 14.8 Å². The van der Waals surface area contributed by atoms with Crippen LogP contribution in [0.15, 0.2) is 54.2 Å². The molecule has 3 rings (SSSR count). The fourth-order valence-electron chi connectivity index (χ4n) is 3.05. The number of anilines is 1. The number of hydrogen-bond donors (Lipinski definition) is 1. The number of imide groups is 1. The Morgan fingerprint density at radius 2 is 1.67 bits per heavy atom. The van der Waals surface area contributed by atoms with Crippen LogP contribution in [0.3, 0.4) is 0 Å². The third-order valence-corrected chi connectivity index (χ3v) is 4.28. The van der Waals surface area contributed by atoms with Gasteiger partial charge in [0.05, 0.1) is 12.2 Å². The van der Waals surface area contributed by atoms with Gasteiger partial charge in [0.2, 0.25) is 0 Å². The number of halogens is 3. The first-order chi connectivity index (χ1) is 14.2. The van der Waals surface area contributed by atoms with Crippen LogP contribution in [0.5, 0.6) is 11.5 Å². The second kappa shape index (κ2) is 8.48. The van der Waals surface area contributed by atoms with Crippen LogP contribution in [-0.2, 0) is 9.59 Å². The number of nitrogens with one attached hydrogen (secondary N) is 1. The standard InChI is InChI=1S/C21H19F3N2O4/c1-3-26-19(27)17(13-8-10-15(11-9-13)29-4-2)18(20(26)28)25-14-6-5-7-16(12-14)30-21(22,23)24/h5-12,25H,3-4H2,1-2H3. The first-order valence-corrected chi connectivity index (χ1v) is 9.20. The molecular formula is C21H19F3N2O4. The molecule has 1 aliphatic rings. The number of benzene rings is 2. The van der Waals surface area contributed by atoms with E-state index in [1.807, 2.05) is 6.92 Å². The maximum Gasteiger partial charge on any atom is 0.573 e. The zero-order valence-corrected chi connectivity index (χ0v) is 16.2. The van der Waals surface area contributed by atoms with Crippen molar-refractivity contribution >= 4 is 23.1 Å². The van der Waals surface area contributed by atoms with E-state index in [1.165, 1.54) is 12.1 Å². The van der Waals surface area contributed by atoms with Gasteiger partial charge in [-0.1, -0.05) is 18.2 Å². The first kappa shape index (κ1) is 21.2. The largest absolute Gasteiger partial charge is 0.573 e. The van der Waals surface area contributed by atoms with Crippen LogP contribution in [0.1, 0.15) is 19.4 Å². The molecule has 2 amide bonds. The average molecular weight is 420 g/mol. The van der Waals surface area contributed by atoms with Crippen LogP contribution in [0.25, 0.3) is 5.57 Å². The number of likely N-dealkylation sites (N-methyl/N-ethyl adjacent to an activating group) is 1. The van der Waals surface area contributed by atoms with E-state index < -0.39 is 23.9 Å². The van der Waals surface area contributed by atoms with Crippen molar-refractivity contribution in [1.82, 2.24) is 4.90 Å². The zero-order chi connectivity index (χ0) is 21.9. The highest BCUT2D eigenvalue weighted by molar-refractivity contribution is 6.36. The molecule has 0 aliphatic carbocycles. The second-order valence-electron chi connectivity index (χ2n) is 6.26. The molecule has 1 heterocycles. The third-order valence-electron chi connectivity index (χ3n) is 4.28. The molecule has 0 spiro atoms. The predicted molar refractivity (Wildman–Crippen MR) is 104 cm³/mol. The van der Waals surface area contributed by atoms with Gasteiger partial charge >= 0.3 is 6.36 Å². The molecular weight excluding hydrogens is 401 g/mol. The van der Waals surface area contributed by atoms with E-state index in [4.69, 9.17) is 4.74 Å². The SMILES string of the molecule is CCOc1ccc(C2=C(Nc3cccc(OC(F)(F)F)c3)C(=O)N(CC)C2=O)cc1. The van der Waals surface area contributed by atoms with Gasteiger partial charge in [-0.2, -0.15) is 0 Å². The predicted octanol–water partition coefficient (Wildman–Crippen LogP) is 4.20. The molecule has 0 saturated carbocycles. The lowest BCUT2D eigenvalue weighted by Gasteiger charge is -2.13. The summed E-state index contributed by atoms with van der Waals surface area (Å²) in [5, 5.41) is 2.79. The molecule has 0 aromatic heterocycles. The lowest BCUT2D eigenvalue weighted by Crippen LogP contribution is -2.32. The van der Waals surface area contributed by atoms with Gasteiger partial charge in [-0.05, 0) is 43.7 Å². The van der Waals surface area contributed by atoms with Gasteiger partial charge in [-0.3, -0.25) is 14.5 Å². The number of rotatable bonds is 7. The molecule has 0 bridgehead atoms. The molecule has 0 atom stereocenters. The summed E-state index contributed by atoms with van der Waals surface area (Å²) < 4.78 is 46.8. The number of hydrogen-bond acceptors (Lipinski definition) is 5. The van der Waals surface area contributed by atoms with Gasteiger partial charge in [0.1, 0.15) is 17.2 Å². The third kappa shape index (κ3) is 4.56. The summed E-state index contributed by atoms with van der Waals surface area (Å²) in [5.41, 5.74) is 0.773. The highest BCUT2D eigenvalue weighted by Gasteiger charge is 2.38. The van der Waals surface area contributed by atoms with Crippen molar-refractivity contribution in [3.8, 4) is 11.5 Å².